The van der Waals surface area contributed by atoms with Crippen molar-refractivity contribution in [2.75, 3.05) is 32.4 Å². The Morgan fingerprint density at radius 2 is 2.08 bits per heavy atom. The minimum Gasteiger partial charge on any atom is -0.454 e. The van der Waals surface area contributed by atoms with E-state index in [0.717, 1.165) is 5.56 Å². The van der Waals surface area contributed by atoms with Crippen LogP contribution in [-0.2, 0) is 11.3 Å². The molecule has 1 aliphatic rings. The lowest BCUT2D eigenvalue weighted by atomic mass is 10.2. The number of amides is 1. The molecule has 2 heterocycles. The van der Waals surface area contributed by atoms with Gasteiger partial charge in [0.2, 0.25) is 6.79 Å². The van der Waals surface area contributed by atoms with E-state index in [1.807, 2.05) is 18.2 Å². The molecular weight excluding hydrogens is 324 g/mol. The molecule has 0 saturated carbocycles. The monoisotopic (exact) mass is 344 g/mol. The molecule has 8 heteroatoms. The van der Waals surface area contributed by atoms with Crippen molar-refractivity contribution in [3.63, 3.8) is 0 Å². The Bertz CT molecular complexity index is 766. The van der Waals surface area contributed by atoms with Gasteiger partial charge in [-0.25, -0.2) is 9.97 Å². The van der Waals surface area contributed by atoms with Crippen LogP contribution in [0.15, 0.2) is 24.3 Å². The van der Waals surface area contributed by atoms with E-state index in [9.17, 15) is 4.79 Å². The summed E-state index contributed by atoms with van der Waals surface area (Å²) in [6.45, 7) is 3.49. The number of fused-ring (bicyclic) bond motifs is 1. The van der Waals surface area contributed by atoms with Gasteiger partial charge in [-0.2, -0.15) is 0 Å². The molecule has 132 valence electrons. The Morgan fingerprint density at radius 3 is 2.92 bits per heavy atom. The fourth-order valence-electron chi connectivity index (χ4n) is 2.38. The summed E-state index contributed by atoms with van der Waals surface area (Å²) in [5.74, 6) is 2.26. The van der Waals surface area contributed by atoms with Crippen LogP contribution < -0.4 is 20.1 Å². The second-order valence-electron chi connectivity index (χ2n) is 5.48. The van der Waals surface area contributed by atoms with Gasteiger partial charge in [0.25, 0.3) is 5.91 Å². The highest BCUT2D eigenvalue weighted by molar-refractivity contribution is 5.92. The molecule has 0 atom stereocenters. The van der Waals surface area contributed by atoms with Crippen LogP contribution in [0.4, 0.5) is 5.82 Å². The molecule has 0 saturated heterocycles. The van der Waals surface area contributed by atoms with Crippen molar-refractivity contribution >= 4 is 11.7 Å². The summed E-state index contributed by atoms with van der Waals surface area (Å²) in [6.07, 6.45) is 0. The van der Waals surface area contributed by atoms with E-state index in [-0.39, 0.29) is 12.7 Å². The molecule has 3 rings (SSSR count). The maximum absolute atomic E-state index is 12.4. The van der Waals surface area contributed by atoms with Crippen LogP contribution in [0.3, 0.4) is 0 Å². The molecule has 8 nitrogen and oxygen atoms in total. The first-order valence-electron chi connectivity index (χ1n) is 7.91. The number of hydrogen-bond donors (Lipinski definition) is 2. The predicted octanol–water partition coefficient (Wildman–Crippen LogP) is 1.50. The van der Waals surface area contributed by atoms with Crippen molar-refractivity contribution in [1.82, 2.24) is 15.3 Å². The predicted molar refractivity (Wildman–Crippen MR) is 90.9 cm³/mol. The summed E-state index contributed by atoms with van der Waals surface area (Å²) in [5, 5.41) is 5.95. The van der Waals surface area contributed by atoms with Gasteiger partial charge in [0.15, 0.2) is 11.5 Å². The minimum atomic E-state index is -0.266. The molecule has 0 bridgehead atoms. The Labute approximate surface area is 145 Å². The first-order valence-corrected chi connectivity index (χ1v) is 7.91. The third-order valence-electron chi connectivity index (χ3n) is 3.57. The Balaban J connectivity index is 1.62. The summed E-state index contributed by atoms with van der Waals surface area (Å²) in [4.78, 5) is 20.8. The van der Waals surface area contributed by atoms with Crippen molar-refractivity contribution in [2.24, 2.45) is 0 Å². The van der Waals surface area contributed by atoms with Crippen LogP contribution >= 0.6 is 0 Å². The Morgan fingerprint density at radius 1 is 1.24 bits per heavy atom. The third kappa shape index (κ3) is 4.36. The molecule has 1 aromatic carbocycles. The molecular formula is C17H20N4O4. The maximum Gasteiger partial charge on any atom is 0.270 e. The standard InChI is InChI=1S/C17H20N4O4/c1-11-20-13(8-16(21-11)18-5-6-23-2)17(22)19-9-12-3-4-14-15(7-12)25-10-24-14/h3-4,7-8H,5-6,9-10H2,1-2H3,(H,19,22)(H,18,20,21). The summed E-state index contributed by atoms with van der Waals surface area (Å²) < 4.78 is 15.6. The van der Waals surface area contributed by atoms with E-state index >= 15 is 0 Å². The molecule has 0 radical (unpaired) electrons. The van der Waals surface area contributed by atoms with Gasteiger partial charge in [-0.15, -0.1) is 0 Å². The number of aromatic nitrogens is 2. The van der Waals surface area contributed by atoms with E-state index in [0.29, 0.717) is 48.5 Å². The van der Waals surface area contributed by atoms with Gasteiger partial charge < -0.3 is 24.8 Å². The summed E-state index contributed by atoms with van der Waals surface area (Å²) >= 11 is 0. The second-order valence-corrected chi connectivity index (χ2v) is 5.48. The zero-order valence-electron chi connectivity index (χ0n) is 14.2. The highest BCUT2D eigenvalue weighted by Crippen LogP contribution is 2.32. The van der Waals surface area contributed by atoms with Gasteiger partial charge in [0.1, 0.15) is 17.3 Å². The van der Waals surface area contributed by atoms with E-state index in [1.165, 1.54) is 0 Å². The maximum atomic E-state index is 12.4. The lowest BCUT2D eigenvalue weighted by Gasteiger charge is -2.09. The van der Waals surface area contributed by atoms with Gasteiger partial charge in [-0.3, -0.25) is 4.79 Å². The minimum absolute atomic E-state index is 0.226. The van der Waals surface area contributed by atoms with E-state index in [2.05, 4.69) is 20.6 Å². The molecule has 2 N–H and O–H groups in total. The lowest BCUT2D eigenvalue weighted by molar-refractivity contribution is 0.0945. The first-order chi connectivity index (χ1) is 12.2. The number of carbonyl (C=O) groups excluding carboxylic acids is 1. The number of hydrogen-bond acceptors (Lipinski definition) is 7. The smallest absolute Gasteiger partial charge is 0.270 e. The van der Waals surface area contributed by atoms with Crippen molar-refractivity contribution < 1.29 is 19.0 Å². The molecule has 0 fully saturated rings. The summed E-state index contributed by atoms with van der Waals surface area (Å²) in [6, 6.07) is 7.19. The van der Waals surface area contributed by atoms with Gasteiger partial charge in [-0.1, -0.05) is 6.07 Å². The summed E-state index contributed by atoms with van der Waals surface area (Å²) in [7, 11) is 1.63. The number of benzene rings is 1. The number of rotatable bonds is 7. The number of methoxy groups -OCH3 is 1. The number of anilines is 1. The molecule has 2 aromatic rings. The van der Waals surface area contributed by atoms with E-state index in [1.54, 1.807) is 20.1 Å². The van der Waals surface area contributed by atoms with Gasteiger partial charge >= 0.3 is 0 Å². The second kappa shape index (κ2) is 7.80. The van der Waals surface area contributed by atoms with Crippen molar-refractivity contribution in [2.45, 2.75) is 13.5 Å². The zero-order valence-corrected chi connectivity index (χ0v) is 14.2. The molecule has 1 amide bonds. The van der Waals surface area contributed by atoms with E-state index in [4.69, 9.17) is 14.2 Å². The van der Waals surface area contributed by atoms with Gasteiger partial charge in [-0.05, 0) is 24.6 Å². The van der Waals surface area contributed by atoms with Gasteiger partial charge in [0, 0.05) is 26.3 Å². The topological polar surface area (TPSA) is 94.6 Å². The quantitative estimate of drug-likeness (QED) is 0.735. The van der Waals surface area contributed by atoms with Crippen molar-refractivity contribution in [3.8, 4) is 11.5 Å². The lowest BCUT2D eigenvalue weighted by Crippen LogP contribution is -2.24. The highest BCUT2D eigenvalue weighted by atomic mass is 16.7. The normalized spacial score (nSPS) is 12.1. The van der Waals surface area contributed by atoms with Crippen LogP contribution in [-0.4, -0.2) is 42.9 Å². The van der Waals surface area contributed by atoms with Crippen LogP contribution in [0.1, 0.15) is 21.9 Å². The molecule has 25 heavy (non-hydrogen) atoms. The van der Waals surface area contributed by atoms with Crippen LogP contribution in [0.5, 0.6) is 11.5 Å². The third-order valence-corrected chi connectivity index (χ3v) is 3.57. The Kier molecular flexibility index (Phi) is 5.30. The SMILES string of the molecule is COCCNc1cc(C(=O)NCc2ccc3c(c2)OCO3)nc(C)n1. The van der Waals surface area contributed by atoms with E-state index < -0.39 is 0 Å². The first kappa shape index (κ1) is 17.0. The number of nitrogens with zero attached hydrogens (tertiary/aromatic N) is 2. The van der Waals surface area contributed by atoms with Crippen molar-refractivity contribution in [3.05, 3.63) is 41.3 Å². The average molecular weight is 344 g/mol. The van der Waals surface area contributed by atoms with Gasteiger partial charge in [0.05, 0.1) is 6.61 Å². The van der Waals surface area contributed by atoms with Crippen LogP contribution in [0.2, 0.25) is 0 Å². The Hall–Kier alpha value is -2.87. The zero-order chi connectivity index (χ0) is 17.6. The molecule has 0 spiro atoms. The van der Waals surface area contributed by atoms with Crippen molar-refractivity contribution in [1.29, 1.82) is 0 Å². The highest BCUT2D eigenvalue weighted by Gasteiger charge is 2.14. The largest absolute Gasteiger partial charge is 0.454 e. The number of aryl methyl sites for hydroxylation is 1. The van der Waals surface area contributed by atoms with Crippen LogP contribution in [0.25, 0.3) is 0 Å². The average Bonchev–Trinajstić information content (AvgIpc) is 3.07. The number of ether oxygens (including phenoxy) is 3. The molecule has 0 aliphatic carbocycles. The fourth-order valence-corrected chi connectivity index (χ4v) is 2.38. The number of carbonyl (C=O) groups is 1. The number of nitrogens with one attached hydrogen (secondary N) is 2. The fraction of sp³-hybridized carbons (Fsp3) is 0.353. The van der Waals surface area contributed by atoms with Crippen LogP contribution in [0, 0.1) is 6.92 Å². The summed E-state index contributed by atoms with van der Waals surface area (Å²) in [5.41, 5.74) is 1.23. The molecule has 1 aliphatic heterocycles. The molecule has 1 aromatic heterocycles. The molecule has 0 unspecified atom stereocenters.